The number of alkyl halides is 1. The van der Waals surface area contributed by atoms with Crippen molar-refractivity contribution in [2.24, 2.45) is 0 Å². The van der Waals surface area contributed by atoms with Gasteiger partial charge in [-0.1, -0.05) is 22.6 Å². The second-order valence-corrected chi connectivity index (χ2v) is 6.82. The van der Waals surface area contributed by atoms with Gasteiger partial charge >= 0.3 is 6.09 Å². The summed E-state index contributed by atoms with van der Waals surface area (Å²) in [6.07, 6.45) is 0.651. The van der Waals surface area contributed by atoms with Gasteiger partial charge in [0, 0.05) is 4.43 Å². The van der Waals surface area contributed by atoms with E-state index < -0.39 is 11.3 Å². The van der Waals surface area contributed by atoms with E-state index in [9.17, 15) is 4.79 Å². The Bertz CT molecular complexity index is 286. The van der Waals surface area contributed by atoms with Gasteiger partial charge in [0.1, 0.15) is 11.3 Å². The highest BCUT2D eigenvalue weighted by Crippen LogP contribution is 2.30. The van der Waals surface area contributed by atoms with E-state index in [2.05, 4.69) is 22.6 Å². The number of hydrogen-bond donors (Lipinski definition) is 0. The van der Waals surface area contributed by atoms with E-state index in [1.165, 1.54) is 0 Å². The summed E-state index contributed by atoms with van der Waals surface area (Å²) in [5, 5.41) is 0. The van der Waals surface area contributed by atoms with Crippen LogP contribution in [0, 0.1) is 0 Å². The van der Waals surface area contributed by atoms with Gasteiger partial charge < -0.3 is 9.47 Å². The highest BCUT2D eigenvalue weighted by atomic mass is 127. The summed E-state index contributed by atoms with van der Waals surface area (Å²) >= 11 is 2.32. The van der Waals surface area contributed by atoms with Gasteiger partial charge in [0.05, 0.1) is 12.6 Å². The van der Waals surface area contributed by atoms with Crippen LogP contribution >= 0.6 is 22.6 Å². The number of rotatable bonds is 2. The monoisotopic (exact) mass is 355 g/mol. The van der Waals surface area contributed by atoms with E-state index in [4.69, 9.17) is 9.47 Å². The molecule has 1 aliphatic heterocycles. The van der Waals surface area contributed by atoms with Crippen LogP contribution in [0.15, 0.2) is 0 Å². The fraction of sp³-hybridized carbons (Fsp3) is 0.917. The average Bonchev–Trinajstić information content (AvgIpc) is 2.39. The second-order valence-electron chi connectivity index (χ2n) is 5.74. The lowest BCUT2D eigenvalue weighted by Gasteiger charge is -2.35. The predicted octanol–water partition coefficient (Wildman–Crippen LogP) is 3.18. The Morgan fingerprint density at radius 3 is 2.59 bits per heavy atom. The first-order chi connectivity index (χ1) is 7.67. The van der Waals surface area contributed by atoms with Crippen molar-refractivity contribution in [1.82, 2.24) is 4.90 Å². The number of hydrogen-bond acceptors (Lipinski definition) is 3. The lowest BCUT2D eigenvalue weighted by molar-refractivity contribution is -0.0624. The van der Waals surface area contributed by atoms with E-state index in [1.807, 2.05) is 34.6 Å². The minimum atomic E-state index is -0.571. The molecule has 1 atom stereocenters. The molecule has 0 aromatic rings. The number of halogens is 1. The van der Waals surface area contributed by atoms with Crippen molar-refractivity contribution < 1.29 is 14.3 Å². The molecule has 1 amide bonds. The topological polar surface area (TPSA) is 38.8 Å². The first-order valence-electron chi connectivity index (χ1n) is 5.89. The minimum Gasteiger partial charge on any atom is -0.444 e. The number of carbonyl (C=O) groups excluding carboxylic acids is 1. The SMILES string of the molecule is CC(C)(C)OC(=O)N1C(CCI)COC1(C)C. The molecular formula is C12H22INO3. The Morgan fingerprint density at radius 1 is 1.53 bits per heavy atom. The van der Waals surface area contributed by atoms with Crippen LogP contribution in [0.3, 0.4) is 0 Å². The van der Waals surface area contributed by atoms with Crippen molar-refractivity contribution in [1.29, 1.82) is 0 Å². The molecule has 0 radical (unpaired) electrons. The summed E-state index contributed by atoms with van der Waals surface area (Å²) in [5.74, 6) is 0. The molecule has 0 spiro atoms. The molecule has 4 nitrogen and oxygen atoms in total. The molecule has 0 aromatic carbocycles. The van der Waals surface area contributed by atoms with Gasteiger partial charge in [-0.25, -0.2) is 4.79 Å². The zero-order chi connectivity index (χ0) is 13.3. The quantitative estimate of drug-likeness (QED) is 0.564. The minimum absolute atomic E-state index is 0.122. The van der Waals surface area contributed by atoms with Gasteiger partial charge in [-0.2, -0.15) is 0 Å². The Balaban J connectivity index is 2.79. The lowest BCUT2D eigenvalue weighted by atomic mass is 10.1. The first kappa shape index (κ1) is 15.0. The smallest absolute Gasteiger partial charge is 0.412 e. The van der Waals surface area contributed by atoms with Crippen molar-refractivity contribution >= 4 is 28.7 Å². The van der Waals surface area contributed by atoms with Crippen LogP contribution in [0.1, 0.15) is 41.0 Å². The Hall–Kier alpha value is -0.0400. The van der Waals surface area contributed by atoms with E-state index >= 15 is 0 Å². The molecule has 0 aromatic heterocycles. The second kappa shape index (κ2) is 5.30. The van der Waals surface area contributed by atoms with Gasteiger partial charge in [0.2, 0.25) is 0 Å². The summed E-state index contributed by atoms with van der Waals surface area (Å²) in [4.78, 5) is 13.9. The molecule has 0 bridgehead atoms. The fourth-order valence-corrected chi connectivity index (χ4v) is 2.62. The van der Waals surface area contributed by atoms with Crippen LogP contribution in [0.2, 0.25) is 0 Å². The molecule has 1 saturated heterocycles. The first-order valence-corrected chi connectivity index (χ1v) is 7.42. The number of amides is 1. The maximum Gasteiger partial charge on any atom is 0.412 e. The number of nitrogens with zero attached hydrogens (tertiary/aromatic N) is 1. The Kier molecular flexibility index (Phi) is 4.68. The van der Waals surface area contributed by atoms with Crippen molar-refractivity contribution in [2.75, 3.05) is 11.0 Å². The molecule has 0 saturated carbocycles. The van der Waals surface area contributed by atoms with Crippen LogP contribution in [-0.2, 0) is 9.47 Å². The molecule has 0 aliphatic carbocycles. The molecule has 100 valence electrons. The van der Waals surface area contributed by atoms with Gasteiger partial charge in [0.15, 0.2) is 0 Å². The zero-order valence-corrected chi connectivity index (χ0v) is 13.4. The van der Waals surface area contributed by atoms with E-state index in [0.29, 0.717) is 6.61 Å². The van der Waals surface area contributed by atoms with E-state index in [0.717, 1.165) is 10.8 Å². The zero-order valence-electron chi connectivity index (χ0n) is 11.2. The molecule has 1 unspecified atom stereocenters. The summed E-state index contributed by atoms with van der Waals surface area (Å²) in [6.45, 7) is 10.0. The van der Waals surface area contributed by atoms with Gasteiger partial charge in [-0.15, -0.1) is 0 Å². The van der Waals surface area contributed by atoms with Crippen LogP contribution in [0.25, 0.3) is 0 Å². The summed E-state index contributed by atoms with van der Waals surface area (Å²) in [5.41, 5.74) is -1.04. The third-order valence-corrected chi connectivity index (χ3v) is 3.23. The van der Waals surface area contributed by atoms with Crippen LogP contribution in [0.4, 0.5) is 4.79 Å². The fourth-order valence-electron chi connectivity index (χ4n) is 1.90. The van der Waals surface area contributed by atoms with E-state index in [1.54, 1.807) is 4.90 Å². The third kappa shape index (κ3) is 3.98. The highest BCUT2D eigenvalue weighted by molar-refractivity contribution is 14.1. The summed E-state index contributed by atoms with van der Waals surface area (Å²) < 4.78 is 12.1. The molecule has 1 rings (SSSR count). The van der Waals surface area contributed by atoms with Gasteiger partial charge in [0.25, 0.3) is 0 Å². The van der Waals surface area contributed by atoms with Crippen LogP contribution in [-0.4, -0.2) is 39.4 Å². The average molecular weight is 355 g/mol. The highest BCUT2D eigenvalue weighted by Gasteiger charge is 2.45. The molecule has 17 heavy (non-hydrogen) atoms. The molecular weight excluding hydrogens is 333 g/mol. The predicted molar refractivity (Wildman–Crippen MR) is 75.4 cm³/mol. The normalized spacial score (nSPS) is 23.9. The Morgan fingerprint density at radius 2 is 2.12 bits per heavy atom. The van der Waals surface area contributed by atoms with Crippen molar-refractivity contribution in [2.45, 2.75) is 58.4 Å². The molecule has 5 heteroatoms. The van der Waals surface area contributed by atoms with Crippen LogP contribution in [0.5, 0.6) is 0 Å². The van der Waals surface area contributed by atoms with Gasteiger partial charge in [-0.3, -0.25) is 4.90 Å². The third-order valence-electron chi connectivity index (χ3n) is 2.61. The number of carbonyl (C=O) groups is 1. The standard InChI is InChI=1S/C12H22INO3/c1-11(2,3)17-10(15)14-9(6-7-13)8-16-12(14,4)5/h9H,6-8H2,1-5H3. The maximum atomic E-state index is 12.2. The van der Waals surface area contributed by atoms with Crippen molar-refractivity contribution in [3.05, 3.63) is 0 Å². The van der Waals surface area contributed by atoms with E-state index in [-0.39, 0.29) is 12.1 Å². The van der Waals surface area contributed by atoms with Crippen molar-refractivity contribution in [3.63, 3.8) is 0 Å². The Labute approximate surface area is 117 Å². The summed E-state index contributed by atoms with van der Waals surface area (Å²) in [7, 11) is 0. The molecule has 1 heterocycles. The molecule has 0 N–H and O–H groups in total. The summed E-state index contributed by atoms with van der Waals surface area (Å²) in [6, 6.07) is 0.122. The molecule has 1 fully saturated rings. The molecule has 1 aliphatic rings. The van der Waals surface area contributed by atoms with Gasteiger partial charge in [-0.05, 0) is 41.0 Å². The largest absolute Gasteiger partial charge is 0.444 e. The number of ether oxygens (including phenoxy) is 2. The lowest BCUT2D eigenvalue weighted by Crippen LogP contribution is -2.49. The maximum absolute atomic E-state index is 12.2. The van der Waals surface area contributed by atoms with Crippen molar-refractivity contribution in [3.8, 4) is 0 Å². The van der Waals surface area contributed by atoms with Crippen LogP contribution < -0.4 is 0 Å².